The van der Waals surface area contributed by atoms with E-state index in [1.54, 1.807) is 6.07 Å². The van der Waals surface area contributed by atoms with Gasteiger partial charge in [0, 0.05) is 11.3 Å². The summed E-state index contributed by atoms with van der Waals surface area (Å²) in [6.45, 7) is 1.66. The molecule has 0 radical (unpaired) electrons. The normalized spacial score (nSPS) is 10.9. The van der Waals surface area contributed by atoms with Gasteiger partial charge < -0.3 is 4.74 Å². The van der Waals surface area contributed by atoms with Crippen molar-refractivity contribution in [3.8, 4) is 0 Å². The average Bonchev–Trinajstić information content (AvgIpc) is 2.93. The van der Waals surface area contributed by atoms with Crippen LogP contribution in [0.3, 0.4) is 0 Å². The van der Waals surface area contributed by atoms with E-state index in [1.807, 2.05) is 37.3 Å². The van der Waals surface area contributed by atoms with Crippen molar-refractivity contribution in [1.29, 1.82) is 0 Å². The Morgan fingerprint density at radius 2 is 2.00 bits per heavy atom. The topological polar surface area (TPSA) is 81.2 Å². The predicted molar refractivity (Wildman–Crippen MR) is 92.5 cm³/mol. The molecular formula is C17H16N2O4S. The van der Waals surface area contributed by atoms with Gasteiger partial charge in [-0.3, -0.25) is 14.6 Å². The number of hydrogen-bond donors (Lipinski definition) is 1. The molecule has 0 bridgehead atoms. The van der Waals surface area contributed by atoms with Crippen molar-refractivity contribution in [1.82, 2.24) is 9.55 Å². The summed E-state index contributed by atoms with van der Waals surface area (Å²) in [5.74, 6) is -0.607. The maximum absolute atomic E-state index is 12.3. The summed E-state index contributed by atoms with van der Waals surface area (Å²) in [7, 11) is 0. The van der Waals surface area contributed by atoms with Gasteiger partial charge in [-0.15, -0.1) is 11.3 Å². The highest BCUT2D eigenvalue weighted by molar-refractivity contribution is 7.18. The number of carbonyl (C=O) groups excluding carboxylic acids is 1. The van der Waals surface area contributed by atoms with Gasteiger partial charge in [0.2, 0.25) is 0 Å². The van der Waals surface area contributed by atoms with E-state index < -0.39 is 23.8 Å². The van der Waals surface area contributed by atoms with Crippen molar-refractivity contribution < 1.29 is 9.53 Å². The standard InChI is InChI=1S/C17H16N2O4S/c1-11-9-13-15(24-11)18-17(22)19(16(13)21)10-14(20)23-8-7-12-5-3-2-4-6-12/h2-6,9H,7-8,10H2,1H3,(H,18,22). The van der Waals surface area contributed by atoms with Gasteiger partial charge >= 0.3 is 11.7 Å². The van der Waals surface area contributed by atoms with Gasteiger partial charge in [-0.25, -0.2) is 9.36 Å². The van der Waals surface area contributed by atoms with E-state index in [9.17, 15) is 14.4 Å². The maximum Gasteiger partial charge on any atom is 0.329 e. The molecular weight excluding hydrogens is 328 g/mol. The number of aryl methyl sites for hydroxylation is 1. The van der Waals surface area contributed by atoms with Crippen LogP contribution >= 0.6 is 11.3 Å². The van der Waals surface area contributed by atoms with Crippen molar-refractivity contribution in [2.75, 3.05) is 6.61 Å². The minimum Gasteiger partial charge on any atom is -0.464 e. The minimum atomic E-state index is -0.607. The largest absolute Gasteiger partial charge is 0.464 e. The molecule has 2 heterocycles. The molecule has 1 N–H and O–H groups in total. The highest BCUT2D eigenvalue weighted by atomic mass is 32.1. The molecule has 124 valence electrons. The van der Waals surface area contributed by atoms with Gasteiger partial charge in [-0.05, 0) is 18.6 Å². The predicted octanol–water partition coefficient (Wildman–Crippen LogP) is 1.85. The fourth-order valence-electron chi connectivity index (χ4n) is 2.41. The van der Waals surface area contributed by atoms with Crippen LogP contribution in [0, 0.1) is 6.92 Å². The third kappa shape index (κ3) is 3.46. The van der Waals surface area contributed by atoms with Crippen LogP contribution in [0.1, 0.15) is 10.4 Å². The third-order valence-corrected chi connectivity index (χ3v) is 4.55. The summed E-state index contributed by atoms with van der Waals surface area (Å²) in [4.78, 5) is 40.3. The number of rotatable bonds is 5. The molecule has 0 amide bonds. The first-order valence-electron chi connectivity index (χ1n) is 7.47. The molecule has 0 saturated heterocycles. The first-order valence-corrected chi connectivity index (χ1v) is 8.29. The minimum absolute atomic E-state index is 0.204. The number of nitrogens with zero attached hydrogens (tertiary/aromatic N) is 1. The fourth-order valence-corrected chi connectivity index (χ4v) is 3.31. The van der Waals surface area contributed by atoms with E-state index in [-0.39, 0.29) is 6.61 Å². The van der Waals surface area contributed by atoms with E-state index in [0.717, 1.165) is 15.0 Å². The van der Waals surface area contributed by atoms with E-state index in [0.29, 0.717) is 16.6 Å². The van der Waals surface area contributed by atoms with E-state index >= 15 is 0 Å². The lowest BCUT2D eigenvalue weighted by Crippen LogP contribution is -2.37. The number of fused-ring (bicyclic) bond motifs is 1. The summed E-state index contributed by atoms with van der Waals surface area (Å²) in [5.41, 5.74) is -0.0250. The number of aromatic nitrogens is 2. The first kappa shape index (κ1) is 16.2. The van der Waals surface area contributed by atoms with Gasteiger partial charge in [0.25, 0.3) is 5.56 Å². The van der Waals surface area contributed by atoms with Crippen molar-refractivity contribution >= 4 is 27.5 Å². The van der Waals surface area contributed by atoms with Crippen LogP contribution in [0.2, 0.25) is 0 Å². The molecule has 1 aromatic carbocycles. The summed E-state index contributed by atoms with van der Waals surface area (Å²) in [6, 6.07) is 11.3. The SMILES string of the molecule is Cc1cc2c(=O)n(CC(=O)OCCc3ccccc3)c(=O)[nH]c2s1. The van der Waals surface area contributed by atoms with Gasteiger partial charge in [-0.1, -0.05) is 30.3 Å². The van der Waals surface area contributed by atoms with Gasteiger partial charge in [0.15, 0.2) is 0 Å². The second-order valence-corrected chi connectivity index (χ2v) is 6.63. The summed E-state index contributed by atoms with van der Waals surface area (Å²) in [6.07, 6.45) is 0.584. The Bertz CT molecular complexity index is 985. The second-order valence-electron chi connectivity index (χ2n) is 5.38. The molecule has 0 aliphatic heterocycles. The number of nitrogens with one attached hydrogen (secondary N) is 1. The maximum atomic E-state index is 12.3. The molecule has 0 fully saturated rings. The highest BCUT2D eigenvalue weighted by Gasteiger charge is 2.13. The summed E-state index contributed by atoms with van der Waals surface area (Å²) < 4.78 is 6.00. The zero-order valence-electron chi connectivity index (χ0n) is 13.1. The average molecular weight is 344 g/mol. The Kier molecular flexibility index (Phi) is 4.61. The molecule has 0 aliphatic carbocycles. The number of hydrogen-bond acceptors (Lipinski definition) is 5. The zero-order chi connectivity index (χ0) is 17.1. The Balaban J connectivity index is 1.69. The third-order valence-electron chi connectivity index (χ3n) is 3.58. The Morgan fingerprint density at radius 3 is 2.75 bits per heavy atom. The van der Waals surface area contributed by atoms with E-state index in [2.05, 4.69) is 4.98 Å². The lowest BCUT2D eigenvalue weighted by atomic mass is 10.2. The molecule has 0 unspecified atom stereocenters. The Morgan fingerprint density at radius 1 is 1.25 bits per heavy atom. The van der Waals surface area contributed by atoms with Crippen LogP contribution in [0.4, 0.5) is 0 Å². The quantitative estimate of drug-likeness (QED) is 0.716. The molecule has 0 atom stereocenters. The zero-order valence-corrected chi connectivity index (χ0v) is 13.9. The fraction of sp³-hybridized carbons (Fsp3) is 0.235. The second kappa shape index (κ2) is 6.84. The molecule has 6 nitrogen and oxygen atoms in total. The number of ether oxygens (including phenoxy) is 1. The molecule has 0 aliphatic rings. The summed E-state index contributed by atoms with van der Waals surface area (Å²) in [5, 5.41) is 0.411. The van der Waals surface area contributed by atoms with Crippen molar-refractivity contribution in [2.45, 2.75) is 19.9 Å². The van der Waals surface area contributed by atoms with Crippen molar-refractivity contribution in [2.24, 2.45) is 0 Å². The van der Waals surface area contributed by atoms with Crippen LogP contribution < -0.4 is 11.2 Å². The van der Waals surface area contributed by atoms with Crippen LogP contribution in [-0.2, 0) is 22.5 Å². The van der Waals surface area contributed by atoms with E-state index in [4.69, 9.17) is 4.74 Å². The lowest BCUT2D eigenvalue weighted by molar-refractivity contribution is -0.144. The smallest absolute Gasteiger partial charge is 0.329 e. The molecule has 3 aromatic rings. The molecule has 3 rings (SSSR count). The summed E-state index contributed by atoms with van der Waals surface area (Å²) >= 11 is 1.33. The van der Waals surface area contributed by atoms with E-state index in [1.165, 1.54) is 11.3 Å². The van der Waals surface area contributed by atoms with Crippen LogP contribution in [0.5, 0.6) is 0 Å². The number of carbonyl (C=O) groups is 1. The van der Waals surface area contributed by atoms with Crippen LogP contribution in [-0.4, -0.2) is 22.1 Å². The van der Waals surface area contributed by atoms with Crippen molar-refractivity contribution in [3.63, 3.8) is 0 Å². The monoisotopic (exact) mass is 344 g/mol. The number of aromatic amines is 1. The number of benzene rings is 1. The molecule has 0 spiro atoms. The van der Waals surface area contributed by atoms with Gasteiger partial charge in [-0.2, -0.15) is 0 Å². The number of esters is 1. The molecule has 2 aromatic heterocycles. The first-order chi connectivity index (χ1) is 11.5. The molecule has 0 saturated carbocycles. The number of thiophene rings is 1. The van der Waals surface area contributed by atoms with Crippen LogP contribution in [0.15, 0.2) is 46.0 Å². The Hall–Kier alpha value is -2.67. The number of H-pyrrole nitrogens is 1. The van der Waals surface area contributed by atoms with Crippen LogP contribution in [0.25, 0.3) is 10.2 Å². The van der Waals surface area contributed by atoms with Gasteiger partial charge in [0.1, 0.15) is 11.4 Å². The lowest BCUT2D eigenvalue weighted by Gasteiger charge is -2.06. The molecule has 24 heavy (non-hydrogen) atoms. The molecule has 7 heteroatoms. The Labute approximate surface area is 141 Å². The van der Waals surface area contributed by atoms with Crippen molar-refractivity contribution in [3.05, 3.63) is 67.7 Å². The van der Waals surface area contributed by atoms with Gasteiger partial charge in [0.05, 0.1) is 12.0 Å². The highest BCUT2D eigenvalue weighted by Crippen LogP contribution is 2.18.